The Bertz CT molecular complexity index is 1180. The van der Waals surface area contributed by atoms with Crippen LogP contribution in [0.5, 0.6) is 0 Å². The van der Waals surface area contributed by atoms with Gasteiger partial charge in [-0.1, -0.05) is 49.4 Å². The molecule has 2 aromatic rings. The SMILES string of the molecule is CC[C@H]1O[C@@H](c2ccc(C)c(Cc3ccc(CCCC(=O)NC(C)(C)C(=O)NCCN(C)C)cc3)c2)[C@H](O)[C@@H](O)[C@@H]1O. The van der Waals surface area contributed by atoms with Crippen molar-refractivity contribution in [3.05, 3.63) is 70.3 Å². The first-order valence-electron chi connectivity index (χ1n) is 14.9. The summed E-state index contributed by atoms with van der Waals surface area (Å²) in [6.45, 7) is 8.61. The quantitative estimate of drug-likeness (QED) is 0.245. The molecule has 0 bridgehead atoms. The number of aryl methyl sites for hydroxylation is 2. The van der Waals surface area contributed by atoms with E-state index >= 15 is 0 Å². The van der Waals surface area contributed by atoms with Crippen LogP contribution in [-0.2, 0) is 27.2 Å². The zero-order valence-electron chi connectivity index (χ0n) is 25.9. The Morgan fingerprint density at radius 1 is 0.976 bits per heavy atom. The highest BCUT2D eigenvalue weighted by Crippen LogP contribution is 2.34. The Labute approximate surface area is 250 Å². The van der Waals surface area contributed by atoms with Gasteiger partial charge in [-0.05, 0) is 88.4 Å². The summed E-state index contributed by atoms with van der Waals surface area (Å²) in [6, 6.07) is 14.2. The molecule has 1 heterocycles. The number of nitrogens with zero attached hydrogens (tertiary/aromatic N) is 1. The van der Waals surface area contributed by atoms with Gasteiger partial charge >= 0.3 is 0 Å². The molecule has 42 heavy (non-hydrogen) atoms. The summed E-state index contributed by atoms with van der Waals surface area (Å²) in [7, 11) is 3.88. The van der Waals surface area contributed by atoms with Crippen molar-refractivity contribution in [1.82, 2.24) is 15.5 Å². The molecule has 9 heteroatoms. The number of likely N-dealkylation sites (N-methyl/N-ethyl adjacent to an activating group) is 1. The number of nitrogens with one attached hydrogen (secondary N) is 2. The van der Waals surface area contributed by atoms with E-state index in [1.165, 1.54) is 0 Å². The predicted octanol–water partition coefficient (Wildman–Crippen LogP) is 2.41. The lowest BCUT2D eigenvalue weighted by Crippen LogP contribution is -2.55. The van der Waals surface area contributed by atoms with Gasteiger partial charge < -0.3 is 35.6 Å². The van der Waals surface area contributed by atoms with Crippen molar-refractivity contribution in [1.29, 1.82) is 0 Å². The van der Waals surface area contributed by atoms with Gasteiger partial charge in [-0.15, -0.1) is 0 Å². The fourth-order valence-electron chi connectivity index (χ4n) is 5.20. The number of hydrogen-bond donors (Lipinski definition) is 5. The number of amides is 2. The number of carbonyl (C=O) groups excluding carboxylic acids is 2. The van der Waals surface area contributed by atoms with E-state index in [1.54, 1.807) is 13.8 Å². The molecule has 0 unspecified atom stereocenters. The smallest absolute Gasteiger partial charge is 0.245 e. The molecule has 5 N–H and O–H groups in total. The maximum absolute atomic E-state index is 12.5. The fraction of sp³-hybridized carbons (Fsp3) is 0.576. The monoisotopic (exact) mass is 583 g/mol. The third-order valence-corrected chi connectivity index (χ3v) is 7.97. The van der Waals surface area contributed by atoms with Crippen LogP contribution in [0.25, 0.3) is 0 Å². The molecule has 232 valence electrons. The summed E-state index contributed by atoms with van der Waals surface area (Å²) in [5.74, 6) is -0.341. The van der Waals surface area contributed by atoms with Gasteiger partial charge in [0.15, 0.2) is 0 Å². The predicted molar refractivity (Wildman–Crippen MR) is 163 cm³/mol. The van der Waals surface area contributed by atoms with E-state index in [-0.39, 0.29) is 11.8 Å². The van der Waals surface area contributed by atoms with Gasteiger partial charge in [0.2, 0.25) is 11.8 Å². The molecule has 1 fully saturated rings. The minimum Gasteiger partial charge on any atom is -0.388 e. The van der Waals surface area contributed by atoms with Crippen LogP contribution in [-0.4, -0.2) is 89.2 Å². The highest BCUT2D eigenvalue weighted by Gasteiger charge is 2.43. The molecule has 3 rings (SSSR count). The molecule has 2 amide bonds. The second-order valence-electron chi connectivity index (χ2n) is 12.2. The average molecular weight is 584 g/mol. The first kappa shape index (κ1) is 33.7. The first-order valence-corrected chi connectivity index (χ1v) is 14.9. The van der Waals surface area contributed by atoms with Crippen LogP contribution < -0.4 is 10.6 Å². The van der Waals surface area contributed by atoms with Crippen molar-refractivity contribution in [3.8, 4) is 0 Å². The molecular formula is C33H49N3O6. The normalized spacial score (nSPS) is 22.7. The van der Waals surface area contributed by atoms with Crippen LogP contribution in [0, 0.1) is 6.92 Å². The second kappa shape index (κ2) is 15.1. The van der Waals surface area contributed by atoms with E-state index < -0.39 is 36.1 Å². The Hall–Kier alpha value is -2.82. The van der Waals surface area contributed by atoms with Gasteiger partial charge in [-0.3, -0.25) is 9.59 Å². The minimum atomic E-state index is -1.26. The number of carbonyl (C=O) groups is 2. The van der Waals surface area contributed by atoms with Gasteiger partial charge in [0, 0.05) is 19.5 Å². The van der Waals surface area contributed by atoms with Crippen LogP contribution in [0.2, 0.25) is 0 Å². The van der Waals surface area contributed by atoms with Crippen LogP contribution in [0.3, 0.4) is 0 Å². The van der Waals surface area contributed by atoms with Gasteiger partial charge in [-0.2, -0.15) is 0 Å². The van der Waals surface area contributed by atoms with Crippen molar-refractivity contribution in [2.24, 2.45) is 0 Å². The second-order valence-corrected chi connectivity index (χ2v) is 12.2. The van der Waals surface area contributed by atoms with Crippen molar-refractivity contribution >= 4 is 11.8 Å². The Morgan fingerprint density at radius 3 is 2.29 bits per heavy atom. The van der Waals surface area contributed by atoms with E-state index in [2.05, 4.69) is 34.9 Å². The van der Waals surface area contributed by atoms with Crippen LogP contribution in [0.1, 0.15) is 74.0 Å². The van der Waals surface area contributed by atoms with Gasteiger partial charge in [-0.25, -0.2) is 0 Å². The fourth-order valence-corrected chi connectivity index (χ4v) is 5.20. The standard InChI is InChI=1S/C33H49N3O6/c1-7-26-28(38)29(39)30(40)31(42-26)24-16-11-21(2)25(20-24)19-23-14-12-22(13-15-23)9-8-10-27(37)35-33(3,4)32(41)34-17-18-36(5)6/h11-16,20,26,28-31,38-40H,7-10,17-19H2,1-6H3,(H,34,41)(H,35,37)/t26-,28-,29+,30-,31+/m1/s1. The molecule has 0 spiro atoms. The molecule has 2 aromatic carbocycles. The molecule has 0 radical (unpaired) electrons. The molecular weight excluding hydrogens is 534 g/mol. The van der Waals surface area contributed by atoms with Crippen molar-refractivity contribution in [2.75, 3.05) is 27.2 Å². The number of aliphatic hydroxyl groups excluding tert-OH is 3. The molecule has 0 saturated carbocycles. The third-order valence-electron chi connectivity index (χ3n) is 7.97. The van der Waals surface area contributed by atoms with Crippen molar-refractivity contribution in [2.45, 2.75) is 95.9 Å². The molecule has 1 saturated heterocycles. The van der Waals surface area contributed by atoms with Crippen molar-refractivity contribution < 1.29 is 29.6 Å². The summed E-state index contributed by atoms with van der Waals surface area (Å²) in [5, 5.41) is 36.9. The highest BCUT2D eigenvalue weighted by molar-refractivity contribution is 5.90. The first-order chi connectivity index (χ1) is 19.8. The van der Waals surface area contributed by atoms with Gasteiger partial charge in [0.05, 0.1) is 6.10 Å². The third kappa shape index (κ3) is 9.09. The largest absolute Gasteiger partial charge is 0.388 e. The number of benzene rings is 2. The van der Waals surface area contributed by atoms with Crippen LogP contribution in [0.15, 0.2) is 42.5 Å². The molecule has 5 atom stereocenters. The molecule has 1 aliphatic heterocycles. The average Bonchev–Trinajstić information content (AvgIpc) is 2.93. The number of aliphatic hydroxyl groups is 3. The van der Waals surface area contributed by atoms with E-state index in [9.17, 15) is 24.9 Å². The zero-order valence-corrected chi connectivity index (χ0v) is 25.9. The van der Waals surface area contributed by atoms with Gasteiger partial charge in [0.1, 0.15) is 30.0 Å². The topological polar surface area (TPSA) is 131 Å². The minimum absolute atomic E-state index is 0.144. The van der Waals surface area contributed by atoms with E-state index in [0.717, 1.165) is 40.8 Å². The maximum Gasteiger partial charge on any atom is 0.245 e. The summed E-state index contributed by atoms with van der Waals surface area (Å²) >= 11 is 0. The number of rotatable bonds is 13. The number of hydrogen-bond acceptors (Lipinski definition) is 7. The highest BCUT2D eigenvalue weighted by atomic mass is 16.5. The summed E-state index contributed by atoms with van der Waals surface area (Å²) in [6.07, 6.45) is -1.86. The zero-order chi connectivity index (χ0) is 31.0. The van der Waals surface area contributed by atoms with E-state index in [4.69, 9.17) is 4.74 Å². The maximum atomic E-state index is 12.5. The summed E-state index contributed by atoms with van der Waals surface area (Å²) in [5.41, 5.74) is 4.27. The van der Waals surface area contributed by atoms with Crippen LogP contribution >= 0.6 is 0 Å². The lowest BCUT2D eigenvalue weighted by atomic mass is 9.88. The van der Waals surface area contributed by atoms with Crippen molar-refractivity contribution in [3.63, 3.8) is 0 Å². The summed E-state index contributed by atoms with van der Waals surface area (Å²) < 4.78 is 5.98. The Morgan fingerprint density at radius 2 is 1.64 bits per heavy atom. The lowest BCUT2D eigenvalue weighted by Gasteiger charge is -2.40. The number of ether oxygens (including phenoxy) is 1. The Balaban J connectivity index is 1.53. The van der Waals surface area contributed by atoms with Gasteiger partial charge in [0.25, 0.3) is 0 Å². The molecule has 1 aliphatic rings. The molecule has 0 aromatic heterocycles. The molecule has 9 nitrogen and oxygen atoms in total. The van der Waals surface area contributed by atoms with E-state index in [0.29, 0.717) is 32.2 Å². The lowest BCUT2D eigenvalue weighted by molar-refractivity contribution is -0.225. The Kier molecular flexibility index (Phi) is 12.1. The van der Waals surface area contributed by atoms with Crippen LogP contribution in [0.4, 0.5) is 0 Å². The summed E-state index contributed by atoms with van der Waals surface area (Å²) in [4.78, 5) is 26.9. The molecule has 0 aliphatic carbocycles. The van der Waals surface area contributed by atoms with E-state index in [1.807, 2.05) is 51.0 Å².